The summed E-state index contributed by atoms with van der Waals surface area (Å²) in [6.07, 6.45) is 0.249. The van der Waals surface area contributed by atoms with E-state index < -0.39 is 22.0 Å². The van der Waals surface area contributed by atoms with E-state index in [0.29, 0.717) is 0 Å². The minimum absolute atomic E-state index is 0.0683. The molecule has 0 rings (SSSR count). The average Bonchev–Trinajstić information content (AvgIpc) is 1.89. The van der Waals surface area contributed by atoms with Crippen LogP contribution in [-0.4, -0.2) is 26.9 Å². The lowest BCUT2D eigenvalue weighted by Gasteiger charge is -2.10. The summed E-state index contributed by atoms with van der Waals surface area (Å²) in [5.41, 5.74) is 0. The average molecular weight is 184 g/mol. The van der Waals surface area contributed by atoms with Gasteiger partial charge in [-0.1, -0.05) is 6.92 Å². The van der Waals surface area contributed by atoms with E-state index in [9.17, 15) is 12.8 Å². The number of hydrogen-bond acceptors (Lipinski definition) is 3. The van der Waals surface area contributed by atoms with Crippen LogP contribution in [0, 0.1) is 0 Å². The van der Waals surface area contributed by atoms with Crippen LogP contribution in [0.2, 0.25) is 0 Å². The van der Waals surface area contributed by atoms with E-state index >= 15 is 0 Å². The second-order valence-corrected chi connectivity index (χ2v) is 3.97. The van der Waals surface area contributed by atoms with Crippen molar-refractivity contribution in [3.05, 3.63) is 0 Å². The third kappa shape index (κ3) is 3.16. The van der Waals surface area contributed by atoms with Crippen LogP contribution >= 0.6 is 0 Å². The molecule has 0 aliphatic rings. The van der Waals surface area contributed by atoms with E-state index in [0.717, 1.165) is 0 Å². The molecular weight excluding hydrogens is 171 g/mol. The van der Waals surface area contributed by atoms with E-state index in [1.807, 2.05) is 0 Å². The van der Waals surface area contributed by atoms with Gasteiger partial charge in [0.25, 0.3) is 10.1 Å². The van der Waals surface area contributed by atoms with Crippen molar-refractivity contribution >= 4 is 10.1 Å². The molecule has 1 atom stereocenters. The fraction of sp³-hybridized carbons (Fsp3) is 1.00. The van der Waals surface area contributed by atoms with Crippen LogP contribution in [0.1, 0.15) is 20.3 Å². The first-order chi connectivity index (χ1) is 5.08. The molecule has 0 heterocycles. The minimum atomic E-state index is -3.65. The van der Waals surface area contributed by atoms with Gasteiger partial charge < -0.3 is 0 Å². The molecule has 11 heavy (non-hydrogen) atoms. The summed E-state index contributed by atoms with van der Waals surface area (Å²) in [6, 6.07) is 0. The number of alkyl halides is 1. The quantitative estimate of drug-likeness (QED) is 0.601. The van der Waals surface area contributed by atoms with Crippen LogP contribution in [0.4, 0.5) is 4.39 Å². The molecule has 0 aliphatic carbocycles. The van der Waals surface area contributed by atoms with E-state index in [2.05, 4.69) is 4.18 Å². The van der Waals surface area contributed by atoms with Crippen LogP contribution in [0.5, 0.6) is 0 Å². The predicted octanol–water partition coefficient (Wildman–Crippen LogP) is 1.10. The van der Waals surface area contributed by atoms with E-state index in [1.165, 1.54) is 0 Å². The van der Waals surface area contributed by atoms with Crippen molar-refractivity contribution in [1.29, 1.82) is 0 Å². The molecule has 0 aliphatic heterocycles. The monoisotopic (exact) mass is 184 g/mol. The first kappa shape index (κ1) is 10.8. The number of halogens is 1. The van der Waals surface area contributed by atoms with Crippen LogP contribution in [0.3, 0.4) is 0 Å². The third-order valence-electron chi connectivity index (χ3n) is 1.32. The molecule has 0 aromatic rings. The molecule has 0 aromatic heterocycles. The summed E-state index contributed by atoms with van der Waals surface area (Å²) in [5, 5.41) is -0.998. The Morgan fingerprint density at radius 2 is 2.00 bits per heavy atom. The summed E-state index contributed by atoms with van der Waals surface area (Å²) in [7, 11) is -3.65. The molecular formula is C6H13FO3S. The maximum absolute atomic E-state index is 12.0. The largest absolute Gasteiger partial charge is 0.272 e. The molecule has 3 nitrogen and oxygen atoms in total. The molecule has 0 bridgehead atoms. The Kier molecular flexibility index (Phi) is 4.60. The van der Waals surface area contributed by atoms with Gasteiger partial charge in [0.2, 0.25) is 0 Å². The molecule has 0 fully saturated rings. The lowest BCUT2D eigenvalue weighted by molar-refractivity contribution is 0.320. The molecule has 68 valence electrons. The zero-order chi connectivity index (χ0) is 8.91. The first-order valence-corrected chi connectivity index (χ1v) is 4.99. The minimum Gasteiger partial charge on any atom is -0.270 e. The summed E-state index contributed by atoms with van der Waals surface area (Å²) < 4.78 is 38.3. The Labute approximate surface area is 66.7 Å². The van der Waals surface area contributed by atoms with Gasteiger partial charge in [-0.25, -0.2) is 4.39 Å². The van der Waals surface area contributed by atoms with Crippen molar-refractivity contribution in [3.8, 4) is 0 Å². The molecule has 0 N–H and O–H groups in total. The lowest BCUT2D eigenvalue weighted by Crippen LogP contribution is -2.24. The predicted molar refractivity (Wildman–Crippen MR) is 40.6 cm³/mol. The van der Waals surface area contributed by atoms with E-state index in [1.54, 1.807) is 13.8 Å². The highest BCUT2D eigenvalue weighted by molar-refractivity contribution is 7.87. The number of hydrogen-bond donors (Lipinski definition) is 0. The molecule has 5 heteroatoms. The van der Waals surface area contributed by atoms with Gasteiger partial charge >= 0.3 is 0 Å². The highest BCUT2D eigenvalue weighted by Gasteiger charge is 2.23. The molecule has 0 radical (unpaired) electrons. The summed E-state index contributed by atoms with van der Waals surface area (Å²) in [4.78, 5) is 0. The second kappa shape index (κ2) is 4.66. The topological polar surface area (TPSA) is 43.4 Å². The maximum Gasteiger partial charge on any atom is 0.272 e. The van der Waals surface area contributed by atoms with Crippen molar-refractivity contribution in [1.82, 2.24) is 0 Å². The highest BCUT2D eigenvalue weighted by atomic mass is 32.2. The summed E-state index contributed by atoms with van der Waals surface area (Å²) >= 11 is 0. The molecule has 0 spiro atoms. The van der Waals surface area contributed by atoms with Crippen molar-refractivity contribution in [2.24, 2.45) is 0 Å². The molecule has 0 saturated carbocycles. The van der Waals surface area contributed by atoms with Crippen molar-refractivity contribution in [3.63, 3.8) is 0 Å². The van der Waals surface area contributed by atoms with Gasteiger partial charge in [0.1, 0.15) is 11.9 Å². The van der Waals surface area contributed by atoms with Gasteiger partial charge in [-0.15, -0.1) is 0 Å². The van der Waals surface area contributed by atoms with Gasteiger partial charge in [0.05, 0.1) is 6.61 Å². The van der Waals surface area contributed by atoms with Crippen molar-refractivity contribution in [2.45, 2.75) is 25.5 Å². The van der Waals surface area contributed by atoms with Crippen molar-refractivity contribution in [2.75, 3.05) is 13.3 Å². The SMILES string of the molecule is CCOS(=O)(=O)C(CC)CF. The molecule has 0 aromatic carbocycles. The lowest BCUT2D eigenvalue weighted by atomic mass is 10.4. The van der Waals surface area contributed by atoms with E-state index in [4.69, 9.17) is 0 Å². The Bertz CT molecular complexity index is 184. The summed E-state index contributed by atoms with van der Waals surface area (Å²) in [5.74, 6) is 0. The Morgan fingerprint density at radius 1 is 1.45 bits per heavy atom. The van der Waals surface area contributed by atoms with Gasteiger partial charge in [0.15, 0.2) is 0 Å². The summed E-state index contributed by atoms with van der Waals surface area (Å²) in [6.45, 7) is 2.36. The highest BCUT2D eigenvalue weighted by Crippen LogP contribution is 2.08. The van der Waals surface area contributed by atoms with Crippen molar-refractivity contribution < 1.29 is 17.0 Å². The molecule has 0 saturated heterocycles. The molecule has 0 amide bonds. The zero-order valence-electron chi connectivity index (χ0n) is 6.71. The van der Waals surface area contributed by atoms with Crippen LogP contribution in [0.25, 0.3) is 0 Å². The van der Waals surface area contributed by atoms with Gasteiger partial charge in [0, 0.05) is 0 Å². The van der Waals surface area contributed by atoms with Crippen LogP contribution in [-0.2, 0) is 14.3 Å². The third-order valence-corrected chi connectivity index (χ3v) is 3.16. The zero-order valence-corrected chi connectivity index (χ0v) is 7.53. The maximum atomic E-state index is 12.0. The normalized spacial score (nSPS) is 14.8. The van der Waals surface area contributed by atoms with Crippen LogP contribution < -0.4 is 0 Å². The molecule has 1 unspecified atom stereocenters. The van der Waals surface area contributed by atoms with Gasteiger partial charge in [-0.05, 0) is 13.3 Å². The fourth-order valence-electron chi connectivity index (χ4n) is 0.651. The fourth-order valence-corrected chi connectivity index (χ4v) is 1.73. The Balaban J connectivity index is 4.26. The smallest absolute Gasteiger partial charge is 0.270 e. The van der Waals surface area contributed by atoms with E-state index in [-0.39, 0.29) is 13.0 Å². The first-order valence-electron chi connectivity index (χ1n) is 3.52. The van der Waals surface area contributed by atoms with Crippen LogP contribution in [0.15, 0.2) is 0 Å². The van der Waals surface area contributed by atoms with Gasteiger partial charge in [-0.3, -0.25) is 4.18 Å². The number of rotatable bonds is 5. The second-order valence-electron chi connectivity index (χ2n) is 2.08. The van der Waals surface area contributed by atoms with Gasteiger partial charge in [-0.2, -0.15) is 8.42 Å². The standard InChI is InChI=1S/C6H13FO3S/c1-3-6(5-7)11(8,9)10-4-2/h6H,3-5H2,1-2H3. The Morgan fingerprint density at radius 3 is 2.27 bits per heavy atom. The Hall–Kier alpha value is -0.160.